The topological polar surface area (TPSA) is 76.3 Å². The molecule has 7 nitrogen and oxygen atoms in total. The SMILES string of the molecule is Cc1cc(O)n(-c2ccc(N3CCOCC3)nn2)n1. The van der Waals surface area contributed by atoms with Crippen molar-refractivity contribution >= 4 is 5.82 Å². The Morgan fingerprint density at radius 3 is 2.42 bits per heavy atom. The third-order valence-corrected chi connectivity index (χ3v) is 3.00. The molecule has 3 rings (SSSR count). The zero-order valence-electron chi connectivity index (χ0n) is 10.7. The van der Waals surface area contributed by atoms with Gasteiger partial charge in [0.15, 0.2) is 11.6 Å². The van der Waals surface area contributed by atoms with Crippen LogP contribution in [0.15, 0.2) is 18.2 Å². The predicted molar refractivity (Wildman–Crippen MR) is 68.6 cm³/mol. The summed E-state index contributed by atoms with van der Waals surface area (Å²) in [6.45, 7) is 4.87. The second kappa shape index (κ2) is 4.85. The van der Waals surface area contributed by atoms with Gasteiger partial charge in [0.2, 0.25) is 5.88 Å². The first-order valence-electron chi connectivity index (χ1n) is 6.16. The molecule has 1 aliphatic rings. The molecule has 7 heteroatoms. The Balaban J connectivity index is 1.84. The van der Waals surface area contributed by atoms with Gasteiger partial charge in [0.25, 0.3) is 0 Å². The molecule has 0 aliphatic carbocycles. The highest BCUT2D eigenvalue weighted by Gasteiger charge is 2.14. The van der Waals surface area contributed by atoms with E-state index in [9.17, 15) is 5.11 Å². The largest absolute Gasteiger partial charge is 0.493 e. The molecule has 1 aliphatic heterocycles. The molecule has 1 fully saturated rings. The molecule has 19 heavy (non-hydrogen) atoms. The smallest absolute Gasteiger partial charge is 0.215 e. The highest BCUT2D eigenvalue weighted by Crippen LogP contribution is 2.17. The monoisotopic (exact) mass is 261 g/mol. The fourth-order valence-electron chi connectivity index (χ4n) is 2.05. The first-order chi connectivity index (χ1) is 9.24. The molecular weight excluding hydrogens is 246 g/mol. The van der Waals surface area contributed by atoms with Crippen molar-refractivity contribution in [2.75, 3.05) is 31.2 Å². The summed E-state index contributed by atoms with van der Waals surface area (Å²) in [6, 6.07) is 5.26. The average Bonchev–Trinajstić information content (AvgIpc) is 2.79. The van der Waals surface area contributed by atoms with Gasteiger partial charge in [0, 0.05) is 19.2 Å². The van der Waals surface area contributed by atoms with E-state index in [4.69, 9.17) is 4.74 Å². The molecule has 0 saturated carbocycles. The lowest BCUT2D eigenvalue weighted by Gasteiger charge is -2.27. The van der Waals surface area contributed by atoms with E-state index in [1.807, 2.05) is 13.0 Å². The van der Waals surface area contributed by atoms with Gasteiger partial charge in [0.1, 0.15) is 0 Å². The number of aryl methyl sites for hydroxylation is 1. The van der Waals surface area contributed by atoms with E-state index < -0.39 is 0 Å². The normalized spacial score (nSPS) is 15.7. The lowest BCUT2D eigenvalue weighted by molar-refractivity contribution is 0.122. The molecule has 2 aromatic heterocycles. The quantitative estimate of drug-likeness (QED) is 0.849. The van der Waals surface area contributed by atoms with Crippen molar-refractivity contribution in [1.82, 2.24) is 20.0 Å². The predicted octanol–water partition coefficient (Wildman–Crippen LogP) is 0.513. The Morgan fingerprint density at radius 2 is 1.84 bits per heavy atom. The Kier molecular flexibility index (Phi) is 3.04. The molecule has 2 aromatic rings. The van der Waals surface area contributed by atoms with E-state index in [1.165, 1.54) is 4.68 Å². The second-order valence-corrected chi connectivity index (χ2v) is 4.40. The van der Waals surface area contributed by atoms with E-state index in [-0.39, 0.29) is 5.88 Å². The van der Waals surface area contributed by atoms with Crippen LogP contribution in [0.25, 0.3) is 5.82 Å². The van der Waals surface area contributed by atoms with Crippen LogP contribution in [-0.4, -0.2) is 51.4 Å². The summed E-state index contributed by atoms with van der Waals surface area (Å²) in [6.07, 6.45) is 0. The third-order valence-electron chi connectivity index (χ3n) is 3.00. The van der Waals surface area contributed by atoms with Gasteiger partial charge < -0.3 is 14.7 Å². The van der Waals surface area contributed by atoms with Gasteiger partial charge >= 0.3 is 0 Å². The van der Waals surface area contributed by atoms with E-state index in [0.717, 1.165) is 24.6 Å². The maximum Gasteiger partial charge on any atom is 0.215 e. The van der Waals surface area contributed by atoms with Crippen LogP contribution in [0.4, 0.5) is 5.82 Å². The van der Waals surface area contributed by atoms with Gasteiger partial charge in [0.05, 0.1) is 18.9 Å². The molecule has 100 valence electrons. The highest BCUT2D eigenvalue weighted by molar-refractivity contribution is 5.40. The molecule has 1 N–H and O–H groups in total. The van der Waals surface area contributed by atoms with Crippen molar-refractivity contribution < 1.29 is 9.84 Å². The van der Waals surface area contributed by atoms with E-state index in [1.54, 1.807) is 12.1 Å². The number of nitrogens with zero attached hydrogens (tertiary/aromatic N) is 5. The van der Waals surface area contributed by atoms with Crippen molar-refractivity contribution in [2.24, 2.45) is 0 Å². The van der Waals surface area contributed by atoms with Gasteiger partial charge in [-0.2, -0.15) is 9.78 Å². The lowest BCUT2D eigenvalue weighted by atomic mass is 10.4. The minimum atomic E-state index is 0.0610. The summed E-state index contributed by atoms with van der Waals surface area (Å²) in [5, 5.41) is 22.1. The molecule has 0 unspecified atom stereocenters. The molecular formula is C12H15N5O2. The number of aromatic nitrogens is 4. The fraction of sp³-hybridized carbons (Fsp3) is 0.417. The molecule has 0 spiro atoms. The zero-order chi connectivity index (χ0) is 13.2. The van der Waals surface area contributed by atoms with Crippen molar-refractivity contribution in [3.63, 3.8) is 0 Å². The molecule has 0 atom stereocenters. The van der Waals surface area contributed by atoms with Crippen molar-refractivity contribution in [2.45, 2.75) is 6.92 Å². The third kappa shape index (κ3) is 2.37. The number of hydrogen-bond donors (Lipinski definition) is 1. The van der Waals surface area contributed by atoms with E-state index in [2.05, 4.69) is 20.2 Å². The van der Waals surface area contributed by atoms with Crippen LogP contribution in [0.3, 0.4) is 0 Å². The summed E-state index contributed by atoms with van der Waals surface area (Å²) in [7, 11) is 0. The van der Waals surface area contributed by atoms with Crippen LogP contribution >= 0.6 is 0 Å². The van der Waals surface area contributed by atoms with Crippen LogP contribution in [0, 0.1) is 6.92 Å². The molecule has 3 heterocycles. The maximum absolute atomic E-state index is 9.71. The number of hydrogen-bond acceptors (Lipinski definition) is 6. The summed E-state index contributed by atoms with van der Waals surface area (Å²) in [5.41, 5.74) is 0.733. The molecule has 1 saturated heterocycles. The van der Waals surface area contributed by atoms with E-state index in [0.29, 0.717) is 19.0 Å². The van der Waals surface area contributed by atoms with Crippen molar-refractivity contribution in [3.05, 3.63) is 23.9 Å². The van der Waals surface area contributed by atoms with Crippen LogP contribution in [0.5, 0.6) is 5.88 Å². The first kappa shape index (κ1) is 11.9. The Labute approximate surface area is 110 Å². The number of aromatic hydroxyl groups is 1. The van der Waals surface area contributed by atoms with E-state index >= 15 is 0 Å². The first-order valence-corrected chi connectivity index (χ1v) is 6.16. The summed E-state index contributed by atoms with van der Waals surface area (Å²) >= 11 is 0. The maximum atomic E-state index is 9.71. The summed E-state index contributed by atoms with van der Waals surface area (Å²) < 4.78 is 6.66. The summed E-state index contributed by atoms with van der Waals surface area (Å²) in [4.78, 5) is 2.12. The van der Waals surface area contributed by atoms with Gasteiger partial charge in [-0.3, -0.25) is 0 Å². The second-order valence-electron chi connectivity index (χ2n) is 4.40. The minimum Gasteiger partial charge on any atom is -0.493 e. The lowest BCUT2D eigenvalue weighted by Crippen LogP contribution is -2.36. The van der Waals surface area contributed by atoms with Crippen LogP contribution < -0.4 is 4.90 Å². The van der Waals surface area contributed by atoms with Gasteiger partial charge in [-0.25, -0.2) is 0 Å². The average molecular weight is 261 g/mol. The Hall–Kier alpha value is -2.15. The summed E-state index contributed by atoms with van der Waals surface area (Å²) in [5.74, 6) is 1.38. The number of anilines is 1. The van der Waals surface area contributed by atoms with Gasteiger partial charge in [-0.1, -0.05) is 0 Å². The zero-order valence-corrected chi connectivity index (χ0v) is 10.7. The number of rotatable bonds is 2. The minimum absolute atomic E-state index is 0.0610. The Bertz CT molecular complexity index is 560. The number of ether oxygens (including phenoxy) is 1. The molecule has 0 bridgehead atoms. The van der Waals surface area contributed by atoms with Crippen LogP contribution in [0.1, 0.15) is 5.69 Å². The molecule has 0 radical (unpaired) electrons. The molecule has 0 amide bonds. The van der Waals surface area contributed by atoms with Gasteiger partial charge in [-0.15, -0.1) is 10.2 Å². The van der Waals surface area contributed by atoms with Crippen molar-refractivity contribution in [3.8, 4) is 11.7 Å². The highest BCUT2D eigenvalue weighted by atomic mass is 16.5. The van der Waals surface area contributed by atoms with Gasteiger partial charge in [-0.05, 0) is 19.1 Å². The van der Waals surface area contributed by atoms with Crippen LogP contribution in [0.2, 0.25) is 0 Å². The van der Waals surface area contributed by atoms with Crippen molar-refractivity contribution in [1.29, 1.82) is 0 Å². The van der Waals surface area contributed by atoms with Crippen LogP contribution in [-0.2, 0) is 4.74 Å². The fourth-order valence-corrected chi connectivity index (χ4v) is 2.05. The number of morpholine rings is 1. The Morgan fingerprint density at radius 1 is 1.16 bits per heavy atom. The molecule has 0 aromatic carbocycles. The standard InChI is InChI=1S/C12H15N5O2/c1-9-8-12(18)17(15-9)11-3-2-10(13-14-11)16-4-6-19-7-5-16/h2-3,8,18H,4-7H2,1H3.